The summed E-state index contributed by atoms with van der Waals surface area (Å²) in [6.07, 6.45) is 1.56. The smallest absolute Gasteiger partial charge is 0.266 e. The molecule has 6 heteroatoms. The molecule has 0 atom stereocenters. The van der Waals surface area contributed by atoms with Crippen LogP contribution in [0, 0.1) is 17.1 Å². The average Bonchev–Trinajstić information content (AvgIpc) is 3.19. The molecule has 1 N–H and O–H groups in total. The monoisotopic (exact) mass is 406 g/mol. The molecule has 0 unspecified atom stereocenters. The lowest BCUT2D eigenvalue weighted by Crippen LogP contribution is -2.34. The van der Waals surface area contributed by atoms with Gasteiger partial charge in [0.15, 0.2) is 5.65 Å². The van der Waals surface area contributed by atoms with Crippen LogP contribution in [0.15, 0.2) is 83.7 Å². The van der Waals surface area contributed by atoms with Crippen molar-refractivity contribution in [3.8, 4) is 17.2 Å². The highest BCUT2D eigenvalue weighted by molar-refractivity contribution is 5.87. The Kier molecular flexibility index (Phi) is 4.42. The van der Waals surface area contributed by atoms with Crippen LogP contribution in [-0.2, 0) is 0 Å². The van der Waals surface area contributed by atoms with Crippen LogP contribution in [-0.4, -0.2) is 9.38 Å². The van der Waals surface area contributed by atoms with Crippen LogP contribution in [0.1, 0.15) is 5.56 Å². The van der Waals surface area contributed by atoms with Gasteiger partial charge in [-0.3, -0.25) is 9.20 Å². The van der Waals surface area contributed by atoms with Crippen LogP contribution >= 0.6 is 0 Å². The molecule has 31 heavy (non-hydrogen) atoms. The molecule has 3 aromatic carbocycles. The summed E-state index contributed by atoms with van der Waals surface area (Å²) in [5.74, 6) is -0.349. The van der Waals surface area contributed by atoms with E-state index in [1.807, 2.05) is 48.5 Å². The minimum Gasteiger partial charge on any atom is -0.361 e. The van der Waals surface area contributed by atoms with Crippen LogP contribution in [0.3, 0.4) is 0 Å². The number of para-hydroxylation sites is 2. The maximum atomic E-state index is 13.6. The summed E-state index contributed by atoms with van der Waals surface area (Å²) in [5.41, 5.74) is 3.47. The van der Waals surface area contributed by atoms with Crippen LogP contribution in [0.4, 0.5) is 10.1 Å². The Morgan fingerprint density at radius 2 is 1.68 bits per heavy atom. The fraction of sp³-hybridized carbons (Fsp3) is 0. The number of aromatic nitrogens is 2. The lowest BCUT2D eigenvalue weighted by Gasteiger charge is -2.08. The minimum absolute atomic E-state index is 0.295. The predicted molar refractivity (Wildman–Crippen MR) is 119 cm³/mol. The first-order valence-electron chi connectivity index (χ1n) is 9.62. The standard InChI is InChI=1S/C25H15FN4O/c26-17-10-12-18(13-11-17)28-15-20-23(16-6-2-1-3-7-16)19(14-27)24-29-21-8-4-5-9-22(21)30(24)25(20)31/h1-13,15,28H/b20-15-. The van der Waals surface area contributed by atoms with Crippen molar-refractivity contribution in [2.24, 2.45) is 0 Å². The Labute approximate surface area is 176 Å². The van der Waals surface area contributed by atoms with Crippen LogP contribution in [0.5, 0.6) is 0 Å². The summed E-state index contributed by atoms with van der Waals surface area (Å²) in [5, 5.41) is 13.4. The number of hydrogen-bond donors (Lipinski definition) is 1. The summed E-state index contributed by atoms with van der Waals surface area (Å²) in [7, 11) is 0. The van der Waals surface area contributed by atoms with Gasteiger partial charge in [-0.1, -0.05) is 42.5 Å². The van der Waals surface area contributed by atoms with Crippen LogP contribution < -0.4 is 16.1 Å². The molecular formula is C25H15FN4O. The number of rotatable bonds is 3. The van der Waals surface area contributed by atoms with E-state index in [1.54, 1.807) is 24.4 Å². The maximum Gasteiger partial charge on any atom is 0.266 e. The number of fused-ring (bicyclic) bond motifs is 3. The largest absolute Gasteiger partial charge is 0.361 e. The highest BCUT2D eigenvalue weighted by Gasteiger charge is 2.19. The van der Waals surface area contributed by atoms with E-state index >= 15 is 0 Å². The molecule has 2 heterocycles. The number of imidazole rings is 1. The van der Waals surface area contributed by atoms with Gasteiger partial charge in [-0.25, -0.2) is 9.37 Å². The van der Waals surface area contributed by atoms with E-state index < -0.39 is 0 Å². The van der Waals surface area contributed by atoms with Crippen LogP contribution in [0.25, 0.3) is 34.0 Å². The van der Waals surface area contributed by atoms with Gasteiger partial charge >= 0.3 is 0 Å². The number of hydrogen-bond acceptors (Lipinski definition) is 4. The zero-order valence-electron chi connectivity index (χ0n) is 16.2. The number of halogens is 1. The van der Waals surface area contributed by atoms with Gasteiger partial charge in [0.2, 0.25) is 0 Å². The third kappa shape index (κ3) is 3.09. The molecule has 0 saturated heterocycles. The molecule has 0 aliphatic carbocycles. The first-order valence-corrected chi connectivity index (χ1v) is 9.62. The predicted octanol–water partition coefficient (Wildman–Crippen LogP) is 4.09. The van der Waals surface area contributed by atoms with Gasteiger partial charge in [0.25, 0.3) is 5.56 Å². The van der Waals surface area contributed by atoms with Crippen molar-refractivity contribution < 1.29 is 4.39 Å². The quantitative estimate of drug-likeness (QED) is 0.490. The van der Waals surface area contributed by atoms with Crippen molar-refractivity contribution in [2.75, 3.05) is 5.32 Å². The van der Waals surface area contributed by atoms with E-state index in [1.165, 1.54) is 16.5 Å². The highest BCUT2D eigenvalue weighted by atomic mass is 19.1. The highest BCUT2D eigenvalue weighted by Crippen LogP contribution is 2.24. The first kappa shape index (κ1) is 18.5. The van der Waals surface area contributed by atoms with Crippen molar-refractivity contribution in [1.82, 2.24) is 9.38 Å². The fourth-order valence-corrected chi connectivity index (χ4v) is 3.72. The van der Waals surface area contributed by atoms with E-state index in [0.29, 0.717) is 38.7 Å². The Balaban J connectivity index is 1.89. The number of benzene rings is 3. The normalized spacial score (nSPS) is 11.7. The number of nitriles is 1. The number of nitrogens with zero attached hydrogens (tertiary/aromatic N) is 3. The van der Waals surface area contributed by atoms with Crippen molar-refractivity contribution in [2.45, 2.75) is 0 Å². The van der Waals surface area contributed by atoms with E-state index in [2.05, 4.69) is 16.4 Å². The number of pyridine rings is 1. The second-order valence-corrected chi connectivity index (χ2v) is 7.00. The molecule has 148 valence electrons. The fourth-order valence-electron chi connectivity index (χ4n) is 3.72. The van der Waals surface area contributed by atoms with E-state index in [0.717, 1.165) is 5.56 Å². The van der Waals surface area contributed by atoms with Crippen molar-refractivity contribution in [3.63, 3.8) is 0 Å². The molecule has 0 bridgehead atoms. The molecule has 0 aliphatic heterocycles. The molecule has 5 nitrogen and oxygen atoms in total. The lowest BCUT2D eigenvalue weighted by molar-refractivity contribution is 0.628. The molecule has 2 aromatic heterocycles. The molecule has 0 fully saturated rings. The number of anilines is 1. The minimum atomic E-state index is -0.349. The van der Waals surface area contributed by atoms with Gasteiger partial charge in [0.1, 0.15) is 17.4 Å². The Bertz CT molecular complexity index is 1580. The third-order valence-corrected chi connectivity index (χ3v) is 5.14. The second-order valence-electron chi connectivity index (χ2n) is 7.00. The number of nitrogens with one attached hydrogen (secondary N) is 1. The summed E-state index contributed by atoms with van der Waals surface area (Å²) in [6, 6.07) is 24.6. The van der Waals surface area contributed by atoms with E-state index in [9.17, 15) is 14.4 Å². The van der Waals surface area contributed by atoms with Crippen molar-refractivity contribution in [1.29, 1.82) is 5.26 Å². The lowest BCUT2D eigenvalue weighted by atomic mass is 9.99. The molecule has 0 spiro atoms. The Hall–Kier alpha value is -4.50. The summed E-state index contributed by atoms with van der Waals surface area (Å²) in [6.45, 7) is 0. The van der Waals surface area contributed by atoms with Gasteiger partial charge < -0.3 is 5.32 Å². The Morgan fingerprint density at radius 1 is 0.968 bits per heavy atom. The molecule has 0 saturated carbocycles. The summed E-state index contributed by atoms with van der Waals surface area (Å²) in [4.78, 5) is 18.2. The topological polar surface area (TPSA) is 70.2 Å². The van der Waals surface area contributed by atoms with Crippen LogP contribution in [0.2, 0.25) is 0 Å². The van der Waals surface area contributed by atoms with E-state index in [-0.39, 0.29) is 11.4 Å². The van der Waals surface area contributed by atoms with Gasteiger partial charge in [0, 0.05) is 17.5 Å². The second kappa shape index (κ2) is 7.39. The SMILES string of the molecule is N#Cc1c(-c2ccccc2)/c(=C/Nc2ccc(F)cc2)c(=O)n2c1nc1ccccc12. The van der Waals surface area contributed by atoms with Gasteiger partial charge in [0.05, 0.1) is 16.3 Å². The van der Waals surface area contributed by atoms with Crippen molar-refractivity contribution >= 4 is 28.6 Å². The molecule has 0 amide bonds. The molecular weight excluding hydrogens is 391 g/mol. The van der Waals surface area contributed by atoms with Gasteiger partial charge in [-0.2, -0.15) is 5.26 Å². The molecule has 5 rings (SSSR count). The third-order valence-electron chi connectivity index (χ3n) is 5.14. The first-order chi connectivity index (χ1) is 15.2. The Morgan fingerprint density at radius 3 is 2.42 bits per heavy atom. The average molecular weight is 406 g/mol. The zero-order valence-corrected chi connectivity index (χ0v) is 16.2. The van der Waals surface area contributed by atoms with Gasteiger partial charge in [-0.05, 0) is 42.0 Å². The van der Waals surface area contributed by atoms with Crippen molar-refractivity contribution in [3.05, 3.63) is 106 Å². The molecule has 0 radical (unpaired) electrons. The van der Waals surface area contributed by atoms with E-state index in [4.69, 9.17) is 0 Å². The summed E-state index contributed by atoms with van der Waals surface area (Å²) >= 11 is 0. The molecule has 0 aliphatic rings. The summed E-state index contributed by atoms with van der Waals surface area (Å²) < 4.78 is 14.7. The zero-order chi connectivity index (χ0) is 21.4. The van der Waals surface area contributed by atoms with Gasteiger partial charge in [-0.15, -0.1) is 0 Å². The molecule has 5 aromatic rings. The maximum absolute atomic E-state index is 13.6.